The van der Waals surface area contributed by atoms with Crippen LogP contribution in [0.1, 0.15) is 44.7 Å². The van der Waals surface area contributed by atoms with Crippen molar-refractivity contribution in [3.8, 4) is 0 Å². The second kappa shape index (κ2) is 3.80. The van der Waals surface area contributed by atoms with Crippen molar-refractivity contribution >= 4 is 5.71 Å². The molecule has 0 aliphatic carbocycles. The maximum absolute atomic E-state index is 4.91. The molecule has 0 unspecified atom stereocenters. The molecule has 0 bridgehead atoms. The maximum atomic E-state index is 4.91. The Balaban J connectivity index is 2.48. The molecular formula is C14H19N. The van der Waals surface area contributed by atoms with E-state index in [0.29, 0.717) is 0 Å². The third-order valence-corrected chi connectivity index (χ3v) is 3.65. The molecule has 0 radical (unpaired) electrons. The molecule has 1 heterocycles. The summed E-state index contributed by atoms with van der Waals surface area (Å²) in [7, 11) is 0. The lowest BCUT2D eigenvalue weighted by molar-refractivity contribution is 0.392. The number of hydrogen-bond acceptors (Lipinski definition) is 1. The van der Waals surface area contributed by atoms with E-state index in [-0.39, 0.29) is 5.54 Å². The molecule has 2 rings (SSSR count). The fourth-order valence-electron chi connectivity index (χ4n) is 2.50. The summed E-state index contributed by atoms with van der Waals surface area (Å²) in [5, 5.41) is 0. The molecule has 0 amide bonds. The van der Waals surface area contributed by atoms with Gasteiger partial charge in [0, 0.05) is 5.71 Å². The molecule has 0 saturated heterocycles. The van der Waals surface area contributed by atoms with Crippen LogP contribution in [-0.2, 0) is 6.42 Å². The van der Waals surface area contributed by atoms with Crippen molar-refractivity contribution in [3.05, 3.63) is 35.4 Å². The highest BCUT2D eigenvalue weighted by Crippen LogP contribution is 2.32. The van der Waals surface area contributed by atoms with Gasteiger partial charge >= 0.3 is 0 Å². The standard InChI is InChI=1S/C14H19N/c1-4-14(5-2)10-12-8-6-7-9-13(12)11(3)15-14/h6-9H,4-5,10H2,1-3H3. The van der Waals surface area contributed by atoms with Gasteiger partial charge in [-0.2, -0.15) is 0 Å². The van der Waals surface area contributed by atoms with E-state index in [0.717, 1.165) is 19.3 Å². The fourth-order valence-corrected chi connectivity index (χ4v) is 2.50. The Labute approximate surface area is 92.2 Å². The Morgan fingerprint density at radius 2 is 1.87 bits per heavy atom. The molecule has 1 nitrogen and oxygen atoms in total. The Bertz CT molecular complexity index is 386. The van der Waals surface area contributed by atoms with Crippen LogP contribution in [0.3, 0.4) is 0 Å². The van der Waals surface area contributed by atoms with Gasteiger partial charge in [-0.3, -0.25) is 4.99 Å². The zero-order chi connectivity index (χ0) is 10.9. The monoisotopic (exact) mass is 201 g/mol. The minimum absolute atomic E-state index is 0.165. The van der Waals surface area contributed by atoms with Crippen LogP contribution in [-0.4, -0.2) is 11.3 Å². The SMILES string of the molecule is CCC1(CC)Cc2ccccc2C(C)=N1. The Hall–Kier alpha value is -1.11. The maximum Gasteiger partial charge on any atom is 0.0646 e. The number of fused-ring (bicyclic) bond motifs is 1. The summed E-state index contributed by atoms with van der Waals surface area (Å²) in [6, 6.07) is 8.66. The van der Waals surface area contributed by atoms with Crippen molar-refractivity contribution in [2.75, 3.05) is 0 Å². The summed E-state index contributed by atoms with van der Waals surface area (Å²) in [6.07, 6.45) is 3.37. The lowest BCUT2D eigenvalue weighted by atomic mass is 9.81. The van der Waals surface area contributed by atoms with E-state index in [2.05, 4.69) is 45.0 Å². The molecular weight excluding hydrogens is 182 g/mol. The van der Waals surface area contributed by atoms with Crippen LogP contribution >= 0.6 is 0 Å². The molecule has 1 aliphatic heterocycles. The molecule has 0 N–H and O–H groups in total. The van der Waals surface area contributed by atoms with Gasteiger partial charge in [-0.15, -0.1) is 0 Å². The molecule has 15 heavy (non-hydrogen) atoms. The van der Waals surface area contributed by atoms with Gasteiger partial charge in [0.2, 0.25) is 0 Å². The summed E-state index contributed by atoms with van der Waals surface area (Å²) in [5.74, 6) is 0. The normalized spacial score (nSPS) is 18.2. The van der Waals surface area contributed by atoms with Crippen LogP contribution in [0.4, 0.5) is 0 Å². The summed E-state index contributed by atoms with van der Waals surface area (Å²) in [6.45, 7) is 6.63. The van der Waals surface area contributed by atoms with Crippen molar-refractivity contribution in [2.45, 2.75) is 45.6 Å². The molecule has 0 aromatic heterocycles. The number of benzene rings is 1. The topological polar surface area (TPSA) is 12.4 Å². The molecule has 1 aromatic rings. The zero-order valence-electron chi connectivity index (χ0n) is 9.88. The third kappa shape index (κ3) is 1.71. The van der Waals surface area contributed by atoms with Crippen molar-refractivity contribution in [1.82, 2.24) is 0 Å². The first kappa shape index (κ1) is 10.4. The fraction of sp³-hybridized carbons (Fsp3) is 0.500. The second-order valence-corrected chi connectivity index (χ2v) is 4.46. The first-order valence-corrected chi connectivity index (χ1v) is 5.85. The van der Waals surface area contributed by atoms with Crippen molar-refractivity contribution in [2.24, 2.45) is 4.99 Å². The summed E-state index contributed by atoms with van der Waals surface area (Å²) in [5.41, 5.74) is 4.18. The average molecular weight is 201 g/mol. The highest BCUT2D eigenvalue weighted by Gasteiger charge is 2.30. The molecule has 0 spiro atoms. The third-order valence-electron chi connectivity index (χ3n) is 3.65. The van der Waals surface area contributed by atoms with E-state index in [1.165, 1.54) is 16.8 Å². The molecule has 80 valence electrons. The van der Waals surface area contributed by atoms with Crippen LogP contribution < -0.4 is 0 Å². The lowest BCUT2D eigenvalue weighted by Gasteiger charge is -2.33. The highest BCUT2D eigenvalue weighted by molar-refractivity contribution is 6.01. The summed E-state index contributed by atoms with van der Waals surface area (Å²) in [4.78, 5) is 4.91. The van der Waals surface area contributed by atoms with E-state index in [1.54, 1.807) is 0 Å². The van der Waals surface area contributed by atoms with Crippen molar-refractivity contribution in [1.29, 1.82) is 0 Å². The van der Waals surface area contributed by atoms with Crippen LogP contribution in [0.2, 0.25) is 0 Å². The number of aliphatic imine (C=N–C) groups is 1. The van der Waals surface area contributed by atoms with Gasteiger partial charge in [-0.25, -0.2) is 0 Å². The first-order valence-electron chi connectivity index (χ1n) is 5.85. The molecule has 0 fully saturated rings. The summed E-state index contributed by atoms with van der Waals surface area (Å²) < 4.78 is 0. The van der Waals surface area contributed by atoms with Gasteiger partial charge in [0.1, 0.15) is 0 Å². The quantitative estimate of drug-likeness (QED) is 0.693. The van der Waals surface area contributed by atoms with Crippen LogP contribution in [0.25, 0.3) is 0 Å². The van der Waals surface area contributed by atoms with E-state index in [4.69, 9.17) is 4.99 Å². The Morgan fingerprint density at radius 1 is 1.20 bits per heavy atom. The van der Waals surface area contributed by atoms with Gasteiger partial charge in [-0.1, -0.05) is 38.1 Å². The van der Waals surface area contributed by atoms with Crippen molar-refractivity contribution in [3.63, 3.8) is 0 Å². The van der Waals surface area contributed by atoms with Gasteiger partial charge in [0.25, 0.3) is 0 Å². The van der Waals surface area contributed by atoms with E-state index < -0.39 is 0 Å². The number of nitrogens with zero attached hydrogens (tertiary/aromatic N) is 1. The predicted octanol–water partition coefficient (Wildman–Crippen LogP) is 3.61. The summed E-state index contributed by atoms with van der Waals surface area (Å²) >= 11 is 0. The van der Waals surface area contributed by atoms with Gasteiger partial charge in [0.15, 0.2) is 0 Å². The Kier molecular flexibility index (Phi) is 2.64. The molecule has 0 atom stereocenters. The molecule has 0 saturated carbocycles. The van der Waals surface area contributed by atoms with E-state index in [9.17, 15) is 0 Å². The highest BCUT2D eigenvalue weighted by atomic mass is 14.9. The van der Waals surface area contributed by atoms with Gasteiger partial charge in [-0.05, 0) is 37.3 Å². The first-order chi connectivity index (χ1) is 7.21. The largest absolute Gasteiger partial charge is 0.282 e. The molecule has 1 aliphatic rings. The second-order valence-electron chi connectivity index (χ2n) is 4.46. The van der Waals surface area contributed by atoms with E-state index >= 15 is 0 Å². The minimum atomic E-state index is 0.165. The smallest absolute Gasteiger partial charge is 0.0646 e. The molecule has 1 aromatic carbocycles. The zero-order valence-corrected chi connectivity index (χ0v) is 9.88. The van der Waals surface area contributed by atoms with Crippen LogP contribution in [0.15, 0.2) is 29.3 Å². The van der Waals surface area contributed by atoms with Crippen LogP contribution in [0, 0.1) is 0 Å². The number of rotatable bonds is 2. The van der Waals surface area contributed by atoms with Crippen molar-refractivity contribution < 1.29 is 0 Å². The van der Waals surface area contributed by atoms with Gasteiger partial charge in [0.05, 0.1) is 5.54 Å². The van der Waals surface area contributed by atoms with Gasteiger partial charge < -0.3 is 0 Å². The lowest BCUT2D eigenvalue weighted by Crippen LogP contribution is -2.33. The minimum Gasteiger partial charge on any atom is -0.282 e. The predicted molar refractivity (Wildman–Crippen MR) is 65.7 cm³/mol. The Morgan fingerprint density at radius 3 is 2.53 bits per heavy atom. The average Bonchev–Trinajstić information content (AvgIpc) is 2.29. The number of hydrogen-bond donors (Lipinski definition) is 0. The van der Waals surface area contributed by atoms with E-state index in [1.807, 2.05) is 0 Å². The molecule has 1 heteroatoms. The van der Waals surface area contributed by atoms with Crippen LogP contribution in [0.5, 0.6) is 0 Å².